The molecule has 1 aromatic rings. The average molecular weight is 293 g/mol. The minimum Gasteiger partial charge on any atom is -0.481 e. The second kappa shape index (κ2) is 8.86. The molecule has 6 nitrogen and oxygen atoms in total. The Morgan fingerprint density at radius 1 is 1.10 bits per heavy atom. The molecule has 3 N–H and O–H groups in total. The van der Waals surface area contributed by atoms with Crippen LogP contribution in [0.3, 0.4) is 0 Å². The highest BCUT2D eigenvalue weighted by atomic mass is 16.4. The lowest BCUT2D eigenvalue weighted by molar-refractivity contribution is -0.149. The van der Waals surface area contributed by atoms with Gasteiger partial charge in [-0.25, -0.2) is 4.79 Å². The van der Waals surface area contributed by atoms with Crippen LogP contribution in [0.1, 0.15) is 24.8 Å². The number of carboxylic acids is 2. The molecule has 0 spiro atoms. The number of carbonyl (C=O) groups is 3. The van der Waals surface area contributed by atoms with Crippen molar-refractivity contribution in [3.63, 3.8) is 0 Å². The van der Waals surface area contributed by atoms with Gasteiger partial charge in [-0.15, -0.1) is 0 Å². The van der Waals surface area contributed by atoms with Crippen molar-refractivity contribution in [3.8, 4) is 0 Å². The van der Waals surface area contributed by atoms with Gasteiger partial charge in [-0.3, -0.25) is 9.59 Å². The first-order valence-corrected chi connectivity index (χ1v) is 6.74. The lowest BCUT2D eigenvalue weighted by atomic mass is 10.0. The molecule has 1 rings (SSSR count). The standard InChI is InChI=1S/C15H19NO5/c17-13(15(20)21)8-9-16-12(10-14(18)19)7-6-11-4-2-1-3-5-11/h1-5,12,16H,6-10H2,(H,18,19)(H,20,21)/t12-/m1/s1. The third-order valence-corrected chi connectivity index (χ3v) is 3.07. The van der Waals surface area contributed by atoms with Crippen molar-refractivity contribution < 1.29 is 24.6 Å². The second-order valence-corrected chi connectivity index (χ2v) is 4.75. The summed E-state index contributed by atoms with van der Waals surface area (Å²) < 4.78 is 0. The van der Waals surface area contributed by atoms with Crippen LogP contribution in [0, 0.1) is 0 Å². The third kappa shape index (κ3) is 7.22. The van der Waals surface area contributed by atoms with E-state index in [9.17, 15) is 14.4 Å². The summed E-state index contributed by atoms with van der Waals surface area (Å²) >= 11 is 0. The normalized spacial score (nSPS) is 11.8. The molecular formula is C15H19NO5. The molecule has 0 fully saturated rings. The number of carbonyl (C=O) groups excluding carboxylic acids is 1. The van der Waals surface area contributed by atoms with E-state index in [4.69, 9.17) is 10.2 Å². The Kier molecular flexibility index (Phi) is 7.11. The third-order valence-electron chi connectivity index (χ3n) is 3.07. The Morgan fingerprint density at radius 3 is 2.33 bits per heavy atom. The Labute approximate surface area is 122 Å². The maximum Gasteiger partial charge on any atom is 0.372 e. The zero-order valence-corrected chi connectivity index (χ0v) is 11.6. The molecule has 1 atom stereocenters. The molecule has 0 aliphatic carbocycles. The monoisotopic (exact) mass is 293 g/mol. The fourth-order valence-electron chi connectivity index (χ4n) is 1.97. The van der Waals surface area contributed by atoms with Crippen molar-refractivity contribution in [3.05, 3.63) is 35.9 Å². The molecule has 0 aliphatic rings. The SMILES string of the molecule is O=C(O)C[C@@H](CCc1ccccc1)NCCC(=O)C(=O)O. The van der Waals surface area contributed by atoms with Crippen LogP contribution in [0.25, 0.3) is 0 Å². The van der Waals surface area contributed by atoms with Crippen LogP contribution in [-0.2, 0) is 20.8 Å². The highest BCUT2D eigenvalue weighted by Crippen LogP contribution is 2.07. The van der Waals surface area contributed by atoms with Crippen LogP contribution >= 0.6 is 0 Å². The maximum atomic E-state index is 11.0. The van der Waals surface area contributed by atoms with Gasteiger partial charge in [0.15, 0.2) is 0 Å². The minimum absolute atomic E-state index is 0.0614. The number of nitrogens with one attached hydrogen (secondary N) is 1. The number of ketones is 1. The van der Waals surface area contributed by atoms with E-state index in [-0.39, 0.29) is 25.4 Å². The number of benzene rings is 1. The fraction of sp³-hybridized carbons (Fsp3) is 0.400. The molecule has 0 saturated heterocycles. The first kappa shape index (κ1) is 16.8. The van der Waals surface area contributed by atoms with Crippen LogP contribution in [0.2, 0.25) is 0 Å². The van der Waals surface area contributed by atoms with Crippen LogP contribution in [0.15, 0.2) is 30.3 Å². The summed E-state index contributed by atoms with van der Waals surface area (Å²) in [7, 11) is 0. The van der Waals surface area contributed by atoms with Crippen molar-refractivity contribution in [2.45, 2.75) is 31.7 Å². The van der Waals surface area contributed by atoms with E-state index in [0.717, 1.165) is 12.0 Å². The molecule has 0 bridgehead atoms. The van der Waals surface area contributed by atoms with Crippen molar-refractivity contribution >= 4 is 17.7 Å². The first-order valence-electron chi connectivity index (χ1n) is 6.74. The van der Waals surface area contributed by atoms with Gasteiger partial charge >= 0.3 is 11.9 Å². The topological polar surface area (TPSA) is 104 Å². The van der Waals surface area contributed by atoms with Gasteiger partial charge in [-0.05, 0) is 18.4 Å². The summed E-state index contributed by atoms with van der Waals surface area (Å²) in [5.74, 6) is -3.26. The Hall–Kier alpha value is -2.21. The molecule has 0 radical (unpaired) electrons. The summed E-state index contributed by atoms with van der Waals surface area (Å²) in [5, 5.41) is 20.3. The molecule has 0 heterocycles. The van der Waals surface area contributed by atoms with Crippen molar-refractivity contribution in [1.29, 1.82) is 0 Å². The predicted octanol–water partition coefficient (Wildman–Crippen LogP) is 1.10. The number of aryl methyl sites for hydroxylation is 1. The van der Waals surface area contributed by atoms with Gasteiger partial charge in [-0.2, -0.15) is 0 Å². The molecule has 0 aromatic heterocycles. The number of hydrogen-bond acceptors (Lipinski definition) is 4. The summed E-state index contributed by atoms with van der Waals surface area (Å²) in [6.07, 6.45) is 1.13. The van der Waals surface area contributed by atoms with Crippen LogP contribution in [0.4, 0.5) is 0 Å². The number of rotatable bonds is 10. The van der Waals surface area contributed by atoms with Gasteiger partial charge < -0.3 is 15.5 Å². The summed E-state index contributed by atoms with van der Waals surface area (Å²) in [5.41, 5.74) is 1.11. The zero-order valence-electron chi connectivity index (χ0n) is 11.6. The molecule has 0 unspecified atom stereocenters. The Morgan fingerprint density at radius 2 is 1.76 bits per heavy atom. The van der Waals surface area contributed by atoms with Gasteiger partial charge in [0.1, 0.15) is 0 Å². The maximum absolute atomic E-state index is 11.0. The lowest BCUT2D eigenvalue weighted by Gasteiger charge is -2.16. The van der Waals surface area contributed by atoms with E-state index in [0.29, 0.717) is 6.42 Å². The Bertz CT molecular complexity index is 486. The van der Waals surface area contributed by atoms with E-state index in [2.05, 4.69) is 5.32 Å². The van der Waals surface area contributed by atoms with Crippen LogP contribution < -0.4 is 5.32 Å². The van der Waals surface area contributed by atoms with E-state index >= 15 is 0 Å². The van der Waals surface area contributed by atoms with Gasteiger partial charge in [-0.1, -0.05) is 30.3 Å². The fourth-order valence-corrected chi connectivity index (χ4v) is 1.97. The van der Waals surface area contributed by atoms with Crippen LogP contribution in [-0.4, -0.2) is 40.5 Å². The van der Waals surface area contributed by atoms with E-state index in [1.165, 1.54) is 0 Å². The quantitative estimate of drug-likeness (QED) is 0.558. The highest BCUT2D eigenvalue weighted by molar-refractivity contribution is 6.32. The molecule has 0 aliphatic heterocycles. The number of aliphatic carboxylic acids is 2. The van der Waals surface area contributed by atoms with Crippen molar-refractivity contribution in [2.75, 3.05) is 6.54 Å². The van der Waals surface area contributed by atoms with Gasteiger partial charge in [0, 0.05) is 19.0 Å². The first-order chi connectivity index (χ1) is 9.99. The summed E-state index contributed by atoms with van der Waals surface area (Å²) in [6, 6.07) is 9.39. The lowest BCUT2D eigenvalue weighted by Crippen LogP contribution is -2.34. The zero-order chi connectivity index (χ0) is 15.7. The minimum atomic E-state index is -1.46. The molecule has 21 heavy (non-hydrogen) atoms. The Balaban J connectivity index is 2.42. The largest absolute Gasteiger partial charge is 0.481 e. The van der Waals surface area contributed by atoms with Crippen LogP contribution in [0.5, 0.6) is 0 Å². The molecule has 6 heteroatoms. The number of carboxylic acid groups (broad SMARTS) is 2. The van der Waals surface area contributed by atoms with E-state index in [1.807, 2.05) is 30.3 Å². The molecule has 114 valence electrons. The molecule has 1 aromatic carbocycles. The molecule has 0 saturated carbocycles. The second-order valence-electron chi connectivity index (χ2n) is 4.75. The van der Waals surface area contributed by atoms with Crippen molar-refractivity contribution in [1.82, 2.24) is 5.32 Å². The van der Waals surface area contributed by atoms with Crippen molar-refractivity contribution in [2.24, 2.45) is 0 Å². The number of hydrogen-bond donors (Lipinski definition) is 3. The summed E-state index contributed by atoms with van der Waals surface area (Å²) in [6.45, 7) is 0.165. The molecule has 0 amide bonds. The van der Waals surface area contributed by atoms with Gasteiger partial charge in [0.2, 0.25) is 5.78 Å². The van der Waals surface area contributed by atoms with Gasteiger partial charge in [0.25, 0.3) is 0 Å². The van der Waals surface area contributed by atoms with E-state index in [1.54, 1.807) is 0 Å². The smallest absolute Gasteiger partial charge is 0.372 e. The summed E-state index contributed by atoms with van der Waals surface area (Å²) in [4.78, 5) is 32.2. The van der Waals surface area contributed by atoms with E-state index < -0.39 is 17.7 Å². The van der Waals surface area contributed by atoms with Gasteiger partial charge in [0.05, 0.1) is 6.42 Å². The number of Topliss-reactive ketones (excluding diaryl/α,β-unsaturated/α-hetero) is 1. The highest BCUT2D eigenvalue weighted by Gasteiger charge is 2.15. The predicted molar refractivity (Wildman–Crippen MR) is 76.1 cm³/mol. The average Bonchev–Trinajstić information content (AvgIpc) is 2.44. The molecular weight excluding hydrogens is 274 g/mol.